The molecule has 0 unspecified atom stereocenters. The van der Waals surface area contributed by atoms with Gasteiger partial charge in [-0.1, -0.05) is 0 Å². The Kier molecular flexibility index (Phi) is 3.12. The molecule has 1 aromatic heterocycles. The Bertz CT molecular complexity index is 466. The summed E-state index contributed by atoms with van der Waals surface area (Å²) in [6.07, 6.45) is 5.89. The van der Waals surface area contributed by atoms with Crippen molar-refractivity contribution in [2.75, 3.05) is 11.9 Å². The Morgan fingerprint density at radius 1 is 1.42 bits per heavy atom. The highest BCUT2D eigenvalue weighted by Crippen LogP contribution is 2.35. The van der Waals surface area contributed by atoms with Gasteiger partial charge in [0.25, 0.3) is 5.91 Å². The molecule has 0 saturated heterocycles. The lowest BCUT2D eigenvalue weighted by atomic mass is 9.82. The summed E-state index contributed by atoms with van der Waals surface area (Å²) in [7, 11) is 0. The van der Waals surface area contributed by atoms with Gasteiger partial charge in [-0.2, -0.15) is 0 Å². The fourth-order valence-corrected chi connectivity index (χ4v) is 2.12. The molecule has 5 heteroatoms. The number of aromatic nitrogens is 1. The average Bonchev–Trinajstić information content (AvgIpc) is 3.18. The van der Waals surface area contributed by atoms with E-state index in [1.807, 2.05) is 0 Å². The predicted molar refractivity (Wildman–Crippen MR) is 70.9 cm³/mol. The maximum Gasteiger partial charge on any atom is 0.253 e. The fraction of sp³-hybridized carbons (Fsp3) is 0.571. The molecule has 0 bridgehead atoms. The summed E-state index contributed by atoms with van der Waals surface area (Å²) < 4.78 is 13.8. The van der Waals surface area contributed by atoms with Gasteiger partial charge in [-0.25, -0.2) is 9.37 Å². The van der Waals surface area contributed by atoms with Gasteiger partial charge in [-0.15, -0.1) is 0 Å². The third kappa shape index (κ3) is 3.03. The number of hydrogen-bond acceptors (Lipinski definition) is 3. The quantitative estimate of drug-likeness (QED) is 0.857. The standard InChI is InChI=1S/C14H18FN3O/c15-14(6-1-7-14)9-17-12-5-2-10(8-16-12)13(19)18-11-3-4-11/h2,5,8,11H,1,3-4,6-7,9H2,(H,16,17)(H,18,19). The van der Waals surface area contributed by atoms with E-state index in [2.05, 4.69) is 15.6 Å². The Balaban J connectivity index is 1.54. The van der Waals surface area contributed by atoms with Crippen molar-refractivity contribution in [3.8, 4) is 0 Å². The minimum atomic E-state index is -1.07. The molecule has 0 atom stereocenters. The van der Waals surface area contributed by atoms with Crippen LogP contribution in [0.3, 0.4) is 0 Å². The van der Waals surface area contributed by atoms with Gasteiger partial charge in [0.05, 0.1) is 12.1 Å². The SMILES string of the molecule is O=C(NC1CC1)c1ccc(NCC2(F)CCC2)nc1. The van der Waals surface area contributed by atoms with E-state index in [4.69, 9.17) is 0 Å². The number of rotatable bonds is 5. The topological polar surface area (TPSA) is 54.0 Å². The average molecular weight is 263 g/mol. The molecule has 1 amide bonds. The first kappa shape index (κ1) is 12.4. The van der Waals surface area contributed by atoms with Crippen LogP contribution in [-0.4, -0.2) is 29.1 Å². The molecular weight excluding hydrogens is 245 g/mol. The zero-order valence-corrected chi connectivity index (χ0v) is 10.8. The lowest BCUT2D eigenvalue weighted by Crippen LogP contribution is -2.39. The fourth-order valence-electron chi connectivity index (χ4n) is 2.12. The van der Waals surface area contributed by atoms with Crippen LogP contribution in [0.25, 0.3) is 0 Å². The molecule has 0 radical (unpaired) electrons. The van der Waals surface area contributed by atoms with Crippen molar-refractivity contribution < 1.29 is 9.18 Å². The molecule has 2 aliphatic carbocycles. The number of nitrogens with one attached hydrogen (secondary N) is 2. The lowest BCUT2D eigenvalue weighted by molar-refractivity contribution is 0.0783. The monoisotopic (exact) mass is 263 g/mol. The van der Waals surface area contributed by atoms with Gasteiger partial charge < -0.3 is 10.6 Å². The molecule has 0 aliphatic heterocycles. The van der Waals surface area contributed by atoms with E-state index < -0.39 is 5.67 Å². The number of carbonyl (C=O) groups is 1. The molecule has 19 heavy (non-hydrogen) atoms. The van der Waals surface area contributed by atoms with Crippen molar-refractivity contribution in [1.82, 2.24) is 10.3 Å². The van der Waals surface area contributed by atoms with E-state index in [-0.39, 0.29) is 5.91 Å². The van der Waals surface area contributed by atoms with Crippen LogP contribution in [0.4, 0.5) is 10.2 Å². The molecule has 0 spiro atoms. The normalized spacial score (nSPS) is 20.5. The van der Waals surface area contributed by atoms with Crippen molar-refractivity contribution in [3.63, 3.8) is 0 Å². The molecular formula is C14H18FN3O. The zero-order valence-electron chi connectivity index (χ0n) is 10.8. The smallest absolute Gasteiger partial charge is 0.253 e. The van der Waals surface area contributed by atoms with E-state index in [9.17, 15) is 9.18 Å². The summed E-state index contributed by atoms with van der Waals surface area (Å²) in [5, 5.41) is 5.89. The van der Waals surface area contributed by atoms with Crippen LogP contribution >= 0.6 is 0 Å². The van der Waals surface area contributed by atoms with Crippen LogP contribution in [0, 0.1) is 0 Å². The Labute approximate surface area is 111 Å². The number of pyridine rings is 1. The first-order chi connectivity index (χ1) is 9.15. The second kappa shape index (κ2) is 4.79. The maximum absolute atomic E-state index is 13.8. The molecule has 102 valence electrons. The number of halogens is 1. The van der Waals surface area contributed by atoms with Crippen molar-refractivity contribution >= 4 is 11.7 Å². The highest BCUT2D eigenvalue weighted by Gasteiger charge is 2.36. The van der Waals surface area contributed by atoms with E-state index in [0.717, 1.165) is 19.3 Å². The van der Waals surface area contributed by atoms with Crippen LogP contribution in [0.15, 0.2) is 18.3 Å². The molecule has 2 saturated carbocycles. The highest BCUT2D eigenvalue weighted by atomic mass is 19.1. The molecule has 1 heterocycles. The molecule has 3 rings (SSSR count). The van der Waals surface area contributed by atoms with E-state index in [1.165, 1.54) is 6.20 Å². The molecule has 0 aromatic carbocycles. The van der Waals surface area contributed by atoms with Crippen LogP contribution in [0.1, 0.15) is 42.5 Å². The summed E-state index contributed by atoms with van der Waals surface area (Å²) in [6.45, 7) is 0.299. The number of amides is 1. The summed E-state index contributed by atoms with van der Waals surface area (Å²) in [5.41, 5.74) is -0.514. The van der Waals surface area contributed by atoms with Gasteiger partial charge in [0, 0.05) is 12.2 Å². The molecule has 1 aromatic rings. The van der Waals surface area contributed by atoms with Gasteiger partial charge >= 0.3 is 0 Å². The van der Waals surface area contributed by atoms with Crippen LogP contribution in [0.2, 0.25) is 0 Å². The van der Waals surface area contributed by atoms with Gasteiger partial charge in [-0.3, -0.25) is 4.79 Å². The lowest BCUT2D eigenvalue weighted by Gasteiger charge is -2.33. The minimum Gasteiger partial charge on any atom is -0.367 e. The van der Waals surface area contributed by atoms with Crippen molar-refractivity contribution in [2.24, 2.45) is 0 Å². The van der Waals surface area contributed by atoms with Crippen molar-refractivity contribution in [3.05, 3.63) is 23.9 Å². The predicted octanol–water partition coefficient (Wildman–Crippen LogP) is 2.28. The minimum absolute atomic E-state index is 0.0810. The number of nitrogens with zero attached hydrogens (tertiary/aromatic N) is 1. The van der Waals surface area contributed by atoms with Crippen molar-refractivity contribution in [2.45, 2.75) is 43.8 Å². The number of carbonyl (C=O) groups excluding carboxylic acids is 1. The first-order valence-electron chi connectivity index (χ1n) is 6.84. The number of hydrogen-bond donors (Lipinski definition) is 2. The first-order valence-corrected chi connectivity index (χ1v) is 6.84. The molecule has 2 aliphatic rings. The summed E-state index contributed by atoms with van der Waals surface area (Å²) in [4.78, 5) is 15.9. The summed E-state index contributed by atoms with van der Waals surface area (Å²) in [6, 6.07) is 3.79. The van der Waals surface area contributed by atoms with E-state index in [1.54, 1.807) is 12.1 Å². The van der Waals surface area contributed by atoms with Crippen LogP contribution in [0.5, 0.6) is 0 Å². The van der Waals surface area contributed by atoms with Gasteiger partial charge in [0.1, 0.15) is 11.5 Å². The second-order valence-corrected chi connectivity index (χ2v) is 5.54. The maximum atomic E-state index is 13.8. The van der Waals surface area contributed by atoms with E-state index in [0.29, 0.717) is 36.8 Å². The van der Waals surface area contributed by atoms with Crippen LogP contribution in [-0.2, 0) is 0 Å². The zero-order chi connectivity index (χ0) is 13.3. The second-order valence-electron chi connectivity index (χ2n) is 5.54. The third-order valence-corrected chi connectivity index (χ3v) is 3.77. The third-order valence-electron chi connectivity index (χ3n) is 3.77. The Morgan fingerprint density at radius 2 is 2.21 bits per heavy atom. The van der Waals surface area contributed by atoms with E-state index >= 15 is 0 Å². The largest absolute Gasteiger partial charge is 0.367 e. The van der Waals surface area contributed by atoms with Gasteiger partial charge in [-0.05, 0) is 44.2 Å². The molecule has 4 nitrogen and oxygen atoms in total. The van der Waals surface area contributed by atoms with Crippen molar-refractivity contribution in [1.29, 1.82) is 0 Å². The van der Waals surface area contributed by atoms with Gasteiger partial charge in [0.15, 0.2) is 0 Å². The number of anilines is 1. The highest BCUT2D eigenvalue weighted by molar-refractivity contribution is 5.94. The number of alkyl halides is 1. The van der Waals surface area contributed by atoms with Gasteiger partial charge in [0.2, 0.25) is 0 Å². The summed E-state index contributed by atoms with van der Waals surface area (Å²) in [5.74, 6) is 0.536. The van der Waals surface area contributed by atoms with Crippen LogP contribution < -0.4 is 10.6 Å². The molecule has 2 fully saturated rings. The Morgan fingerprint density at radius 3 is 2.74 bits per heavy atom. The molecule has 2 N–H and O–H groups in total. The Hall–Kier alpha value is -1.65. The summed E-state index contributed by atoms with van der Waals surface area (Å²) >= 11 is 0.